The minimum absolute atomic E-state index is 0.0207. The molecule has 0 aliphatic heterocycles. The van der Waals surface area contributed by atoms with Crippen LogP contribution >= 0.6 is 0 Å². The molecule has 5 heteroatoms. The van der Waals surface area contributed by atoms with E-state index in [0.29, 0.717) is 6.07 Å². The van der Waals surface area contributed by atoms with Gasteiger partial charge in [-0.05, 0) is 23.8 Å². The van der Waals surface area contributed by atoms with E-state index >= 15 is 0 Å². The highest BCUT2D eigenvalue weighted by molar-refractivity contribution is 5.26. The van der Waals surface area contributed by atoms with Crippen molar-refractivity contribution in [3.05, 3.63) is 35.1 Å². The van der Waals surface area contributed by atoms with Crippen LogP contribution in [0.3, 0.4) is 0 Å². The Morgan fingerprint density at radius 2 is 1.77 bits per heavy atom. The molecule has 0 amide bonds. The van der Waals surface area contributed by atoms with Crippen molar-refractivity contribution >= 4 is 0 Å². The number of hydrogen-bond donors (Lipinski definition) is 0. The van der Waals surface area contributed by atoms with Gasteiger partial charge in [-0.2, -0.15) is 13.2 Å². The van der Waals surface area contributed by atoms with E-state index in [9.17, 15) is 17.6 Å². The molecule has 0 aromatic heterocycles. The lowest BCUT2D eigenvalue weighted by Crippen LogP contribution is -2.06. The van der Waals surface area contributed by atoms with Crippen LogP contribution < -0.4 is 5.73 Å². The summed E-state index contributed by atoms with van der Waals surface area (Å²) in [5, 5.41) is 0. The average molecular weight is 192 g/mol. The first kappa shape index (κ1) is 9.98. The predicted molar refractivity (Wildman–Crippen MR) is 38.2 cm³/mol. The number of nitrogens with one attached hydrogen (secondary N) is 1. The van der Waals surface area contributed by atoms with Gasteiger partial charge in [-0.25, -0.2) is 4.39 Å². The standard InChI is InChI=1S/C8H6F4N/c9-7-2-5(4-13)1-6(3-7)8(10,11)12/h1-3,13H,4H2. The normalized spacial score (nSPS) is 11.8. The quantitative estimate of drug-likeness (QED) is 0.611. The maximum Gasteiger partial charge on any atom is 0.416 e. The number of rotatable bonds is 1. The van der Waals surface area contributed by atoms with Crippen molar-refractivity contribution in [2.45, 2.75) is 12.7 Å². The molecular weight excluding hydrogens is 186 g/mol. The zero-order valence-corrected chi connectivity index (χ0v) is 6.45. The van der Waals surface area contributed by atoms with Gasteiger partial charge in [0.15, 0.2) is 0 Å². The van der Waals surface area contributed by atoms with Gasteiger partial charge in [-0.3, -0.25) is 5.73 Å². The molecule has 1 aromatic rings. The molecule has 1 aromatic carbocycles. The van der Waals surface area contributed by atoms with Crippen molar-refractivity contribution in [1.82, 2.24) is 5.73 Å². The summed E-state index contributed by atoms with van der Waals surface area (Å²) in [7, 11) is 0. The maximum absolute atomic E-state index is 12.6. The number of alkyl halides is 3. The zero-order chi connectivity index (χ0) is 10.1. The SMILES string of the molecule is [NH]Cc1cc(F)cc(C(F)(F)F)c1. The van der Waals surface area contributed by atoms with Crippen molar-refractivity contribution in [1.29, 1.82) is 0 Å². The van der Waals surface area contributed by atoms with Gasteiger partial charge in [-0.15, -0.1) is 0 Å². The third-order valence-corrected chi connectivity index (χ3v) is 1.49. The van der Waals surface area contributed by atoms with Crippen molar-refractivity contribution in [3.63, 3.8) is 0 Å². The Hall–Kier alpha value is -1.10. The van der Waals surface area contributed by atoms with E-state index in [1.54, 1.807) is 0 Å². The fourth-order valence-electron chi connectivity index (χ4n) is 0.916. The molecule has 0 saturated carbocycles. The third kappa shape index (κ3) is 2.42. The lowest BCUT2D eigenvalue weighted by atomic mass is 10.1. The molecular formula is C8H6F4N. The molecule has 0 atom stereocenters. The first-order valence-electron chi connectivity index (χ1n) is 3.45. The lowest BCUT2D eigenvalue weighted by Gasteiger charge is -2.07. The molecule has 0 aliphatic rings. The van der Waals surface area contributed by atoms with E-state index < -0.39 is 17.6 Å². The Bertz CT molecular complexity index is 306. The second-order valence-corrected chi connectivity index (χ2v) is 2.52. The van der Waals surface area contributed by atoms with Gasteiger partial charge in [0.05, 0.1) is 5.56 Å². The minimum Gasteiger partial charge on any atom is -0.253 e. The maximum atomic E-state index is 12.6. The molecule has 0 fully saturated rings. The van der Waals surface area contributed by atoms with Crippen molar-refractivity contribution in [3.8, 4) is 0 Å². The largest absolute Gasteiger partial charge is 0.416 e. The Balaban J connectivity index is 3.16. The summed E-state index contributed by atoms with van der Waals surface area (Å²) in [6.07, 6.45) is -4.55. The van der Waals surface area contributed by atoms with Crippen LogP contribution in [-0.4, -0.2) is 0 Å². The van der Waals surface area contributed by atoms with Gasteiger partial charge in [0.25, 0.3) is 0 Å². The fraction of sp³-hybridized carbons (Fsp3) is 0.250. The molecule has 1 N–H and O–H groups in total. The second kappa shape index (κ2) is 3.33. The van der Waals surface area contributed by atoms with E-state index in [4.69, 9.17) is 5.73 Å². The second-order valence-electron chi connectivity index (χ2n) is 2.52. The van der Waals surface area contributed by atoms with Crippen LogP contribution in [0, 0.1) is 5.82 Å². The molecule has 0 bridgehead atoms. The van der Waals surface area contributed by atoms with Gasteiger partial charge in [0, 0.05) is 6.54 Å². The number of halogens is 4. The van der Waals surface area contributed by atoms with E-state index in [1.165, 1.54) is 0 Å². The molecule has 0 heterocycles. The molecule has 1 radical (unpaired) electrons. The van der Waals surface area contributed by atoms with Gasteiger partial charge in [0.1, 0.15) is 5.82 Å². The molecule has 0 spiro atoms. The van der Waals surface area contributed by atoms with Crippen LogP contribution in [0.4, 0.5) is 17.6 Å². The molecule has 0 unspecified atom stereocenters. The summed E-state index contributed by atoms with van der Waals surface area (Å²) >= 11 is 0. The molecule has 1 rings (SSSR count). The highest BCUT2D eigenvalue weighted by atomic mass is 19.4. The Labute approximate surface area is 72.2 Å². The van der Waals surface area contributed by atoms with Crippen LogP contribution in [-0.2, 0) is 12.7 Å². The third-order valence-electron chi connectivity index (χ3n) is 1.49. The van der Waals surface area contributed by atoms with Crippen LogP contribution in [0.2, 0.25) is 0 Å². The number of benzene rings is 1. The summed E-state index contributed by atoms with van der Waals surface area (Å²) in [5.41, 5.74) is 5.78. The predicted octanol–water partition coefficient (Wildman–Crippen LogP) is 2.63. The van der Waals surface area contributed by atoms with Crippen molar-refractivity contribution < 1.29 is 17.6 Å². The lowest BCUT2D eigenvalue weighted by molar-refractivity contribution is -0.137. The van der Waals surface area contributed by atoms with Crippen LogP contribution in [0.25, 0.3) is 0 Å². The van der Waals surface area contributed by atoms with Crippen molar-refractivity contribution in [2.24, 2.45) is 0 Å². The highest BCUT2D eigenvalue weighted by Gasteiger charge is 2.31. The first-order valence-corrected chi connectivity index (χ1v) is 3.45. The van der Waals surface area contributed by atoms with Gasteiger partial charge < -0.3 is 0 Å². The average Bonchev–Trinajstić information content (AvgIpc) is 2.01. The Morgan fingerprint density at radius 3 is 2.23 bits per heavy atom. The fourth-order valence-corrected chi connectivity index (χ4v) is 0.916. The minimum atomic E-state index is -4.55. The van der Waals surface area contributed by atoms with Crippen LogP contribution in [0.1, 0.15) is 11.1 Å². The molecule has 1 nitrogen and oxygen atoms in total. The molecule has 0 aliphatic carbocycles. The van der Waals surface area contributed by atoms with E-state index in [-0.39, 0.29) is 12.1 Å². The summed E-state index contributed by atoms with van der Waals surface area (Å²) < 4.78 is 48.7. The summed E-state index contributed by atoms with van der Waals surface area (Å²) in [6, 6.07) is 2.11. The smallest absolute Gasteiger partial charge is 0.253 e. The molecule has 71 valence electrons. The number of hydrogen-bond acceptors (Lipinski definition) is 0. The summed E-state index contributed by atoms with van der Waals surface area (Å²) in [5.74, 6) is -0.961. The monoisotopic (exact) mass is 192 g/mol. The summed E-state index contributed by atoms with van der Waals surface area (Å²) in [4.78, 5) is 0. The summed E-state index contributed by atoms with van der Waals surface area (Å²) in [6.45, 7) is -0.360. The first-order chi connectivity index (χ1) is 5.93. The molecule has 0 saturated heterocycles. The van der Waals surface area contributed by atoms with E-state index in [1.807, 2.05) is 0 Å². The highest BCUT2D eigenvalue weighted by Crippen LogP contribution is 2.30. The van der Waals surface area contributed by atoms with Crippen LogP contribution in [0.15, 0.2) is 18.2 Å². The van der Waals surface area contributed by atoms with Crippen LogP contribution in [0.5, 0.6) is 0 Å². The van der Waals surface area contributed by atoms with Gasteiger partial charge >= 0.3 is 6.18 Å². The van der Waals surface area contributed by atoms with Crippen molar-refractivity contribution in [2.75, 3.05) is 0 Å². The molecule has 13 heavy (non-hydrogen) atoms. The van der Waals surface area contributed by atoms with E-state index in [0.717, 1.165) is 12.1 Å². The van der Waals surface area contributed by atoms with Gasteiger partial charge in [-0.1, -0.05) is 0 Å². The van der Waals surface area contributed by atoms with E-state index in [2.05, 4.69) is 0 Å². The zero-order valence-electron chi connectivity index (χ0n) is 6.45. The Morgan fingerprint density at radius 1 is 1.15 bits per heavy atom. The van der Waals surface area contributed by atoms with Gasteiger partial charge in [0.2, 0.25) is 0 Å². The topological polar surface area (TPSA) is 23.8 Å². The Kier molecular flexibility index (Phi) is 2.56.